The topological polar surface area (TPSA) is 49.3 Å². The summed E-state index contributed by atoms with van der Waals surface area (Å²) in [5.74, 6) is 1.29. The summed E-state index contributed by atoms with van der Waals surface area (Å²) in [7, 11) is 0. The van der Waals surface area contributed by atoms with Crippen LogP contribution in [0, 0.1) is 11.8 Å². The molecule has 0 bridgehead atoms. The highest BCUT2D eigenvalue weighted by atomic mass is 16.3. The fourth-order valence-electron chi connectivity index (χ4n) is 2.63. The molecule has 18 heavy (non-hydrogen) atoms. The molecule has 0 aromatic heterocycles. The highest BCUT2D eigenvalue weighted by Crippen LogP contribution is 2.28. The Bertz CT molecular complexity index is 225. The molecule has 1 saturated carbocycles. The molecule has 1 aliphatic carbocycles. The lowest BCUT2D eigenvalue weighted by Crippen LogP contribution is -2.28. The summed E-state index contributed by atoms with van der Waals surface area (Å²) in [5, 5.41) is 12.5. The van der Waals surface area contributed by atoms with E-state index in [9.17, 15) is 9.90 Å². The van der Waals surface area contributed by atoms with Gasteiger partial charge in [-0.15, -0.1) is 0 Å². The predicted molar refractivity (Wildman–Crippen MR) is 74.3 cm³/mol. The van der Waals surface area contributed by atoms with Crippen molar-refractivity contribution in [2.24, 2.45) is 11.8 Å². The molecule has 3 nitrogen and oxygen atoms in total. The molecule has 1 amide bonds. The van der Waals surface area contributed by atoms with Gasteiger partial charge in [0.05, 0.1) is 6.10 Å². The lowest BCUT2D eigenvalue weighted by atomic mass is 10.0. The number of amides is 1. The van der Waals surface area contributed by atoms with Crippen molar-refractivity contribution < 1.29 is 9.90 Å². The number of carbonyl (C=O) groups excluding carboxylic acids is 1. The third kappa shape index (κ3) is 6.39. The molecule has 0 spiro atoms. The number of aliphatic hydroxyl groups is 1. The van der Waals surface area contributed by atoms with E-state index in [1.165, 1.54) is 32.1 Å². The Morgan fingerprint density at radius 1 is 1.33 bits per heavy atom. The van der Waals surface area contributed by atoms with Gasteiger partial charge >= 0.3 is 0 Å². The second-order valence-electron chi connectivity index (χ2n) is 5.99. The van der Waals surface area contributed by atoms with Crippen molar-refractivity contribution in [1.29, 1.82) is 0 Å². The fraction of sp³-hybridized carbons (Fsp3) is 0.933. The Balaban J connectivity index is 1.96. The minimum atomic E-state index is -0.302. The highest BCUT2D eigenvalue weighted by Gasteiger charge is 2.15. The first-order valence-electron chi connectivity index (χ1n) is 7.54. The van der Waals surface area contributed by atoms with Gasteiger partial charge in [-0.1, -0.05) is 39.5 Å². The van der Waals surface area contributed by atoms with Gasteiger partial charge in [0.1, 0.15) is 0 Å². The molecule has 1 atom stereocenters. The molecule has 1 fully saturated rings. The highest BCUT2D eigenvalue weighted by molar-refractivity contribution is 5.75. The molecule has 2 N–H and O–H groups in total. The van der Waals surface area contributed by atoms with Crippen LogP contribution in [-0.4, -0.2) is 23.7 Å². The summed E-state index contributed by atoms with van der Waals surface area (Å²) >= 11 is 0. The summed E-state index contributed by atoms with van der Waals surface area (Å²) < 4.78 is 0. The van der Waals surface area contributed by atoms with Crippen LogP contribution in [0.2, 0.25) is 0 Å². The normalized spacial score (nSPS) is 18.2. The molecule has 0 saturated heterocycles. The molecule has 1 unspecified atom stereocenters. The number of rotatable bonds is 8. The standard InChI is InChI=1S/C15H29NO2/c1-12(2)14(17)10-11-16-15(18)9-5-8-13-6-3-4-7-13/h12-14,17H,3-11H2,1-2H3,(H,16,18). The summed E-state index contributed by atoms with van der Waals surface area (Å²) in [6, 6.07) is 0. The number of nitrogens with one attached hydrogen (secondary N) is 1. The largest absolute Gasteiger partial charge is 0.393 e. The van der Waals surface area contributed by atoms with Crippen LogP contribution in [0.5, 0.6) is 0 Å². The first-order chi connectivity index (χ1) is 8.59. The van der Waals surface area contributed by atoms with Gasteiger partial charge in [-0.2, -0.15) is 0 Å². The molecule has 0 radical (unpaired) electrons. The Morgan fingerprint density at radius 3 is 2.61 bits per heavy atom. The van der Waals surface area contributed by atoms with Gasteiger partial charge in [0, 0.05) is 13.0 Å². The third-order valence-electron chi connectivity index (χ3n) is 4.02. The van der Waals surface area contributed by atoms with Crippen LogP contribution in [-0.2, 0) is 4.79 Å². The monoisotopic (exact) mass is 255 g/mol. The average molecular weight is 255 g/mol. The average Bonchev–Trinajstić information content (AvgIpc) is 2.81. The molecule has 0 aromatic rings. The molecule has 1 aliphatic rings. The van der Waals surface area contributed by atoms with Crippen molar-refractivity contribution in [3.05, 3.63) is 0 Å². The minimum absolute atomic E-state index is 0.143. The van der Waals surface area contributed by atoms with Crippen molar-refractivity contribution in [3.63, 3.8) is 0 Å². The maximum absolute atomic E-state index is 11.6. The van der Waals surface area contributed by atoms with E-state index in [0.717, 1.165) is 12.3 Å². The Kier molecular flexibility index (Phi) is 7.33. The van der Waals surface area contributed by atoms with E-state index in [1.807, 2.05) is 13.8 Å². The van der Waals surface area contributed by atoms with Crippen LogP contribution in [0.25, 0.3) is 0 Å². The second-order valence-corrected chi connectivity index (χ2v) is 5.99. The SMILES string of the molecule is CC(C)C(O)CCNC(=O)CCCC1CCCC1. The van der Waals surface area contributed by atoms with Crippen LogP contribution in [0.3, 0.4) is 0 Å². The smallest absolute Gasteiger partial charge is 0.219 e. The van der Waals surface area contributed by atoms with E-state index >= 15 is 0 Å². The zero-order valence-electron chi connectivity index (χ0n) is 12.0. The maximum Gasteiger partial charge on any atom is 0.219 e. The van der Waals surface area contributed by atoms with Crippen molar-refractivity contribution in [2.45, 2.75) is 71.3 Å². The second kappa shape index (κ2) is 8.52. The van der Waals surface area contributed by atoms with Crippen LogP contribution >= 0.6 is 0 Å². The molecule has 0 aromatic carbocycles. The van der Waals surface area contributed by atoms with Gasteiger partial charge in [-0.25, -0.2) is 0 Å². The van der Waals surface area contributed by atoms with Gasteiger partial charge in [0.25, 0.3) is 0 Å². The molecular weight excluding hydrogens is 226 g/mol. The molecule has 106 valence electrons. The first-order valence-corrected chi connectivity index (χ1v) is 7.54. The summed E-state index contributed by atoms with van der Waals surface area (Å²) in [4.78, 5) is 11.6. The van der Waals surface area contributed by atoms with Crippen LogP contribution in [0.15, 0.2) is 0 Å². The Morgan fingerprint density at radius 2 is 2.00 bits per heavy atom. The summed E-state index contributed by atoms with van der Waals surface area (Å²) in [5.41, 5.74) is 0. The van der Waals surface area contributed by atoms with E-state index in [1.54, 1.807) is 0 Å². The van der Waals surface area contributed by atoms with Crippen LogP contribution in [0.1, 0.15) is 65.2 Å². The van der Waals surface area contributed by atoms with Crippen molar-refractivity contribution >= 4 is 5.91 Å². The molecule has 0 aliphatic heterocycles. The quantitative estimate of drug-likeness (QED) is 0.700. The van der Waals surface area contributed by atoms with Crippen LogP contribution < -0.4 is 5.32 Å². The first kappa shape index (κ1) is 15.5. The Labute approximate surface area is 111 Å². The van der Waals surface area contributed by atoms with Gasteiger partial charge in [0.15, 0.2) is 0 Å². The molecule has 0 heterocycles. The fourth-order valence-corrected chi connectivity index (χ4v) is 2.63. The van der Waals surface area contributed by atoms with Gasteiger partial charge < -0.3 is 10.4 Å². The zero-order chi connectivity index (χ0) is 13.4. The van der Waals surface area contributed by atoms with E-state index in [0.29, 0.717) is 19.4 Å². The van der Waals surface area contributed by atoms with Crippen molar-refractivity contribution in [3.8, 4) is 0 Å². The lowest BCUT2D eigenvalue weighted by molar-refractivity contribution is -0.121. The van der Waals surface area contributed by atoms with Gasteiger partial charge in [-0.3, -0.25) is 4.79 Å². The molecular formula is C15H29NO2. The Hall–Kier alpha value is -0.570. The van der Waals surface area contributed by atoms with Crippen molar-refractivity contribution in [1.82, 2.24) is 5.32 Å². The zero-order valence-corrected chi connectivity index (χ0v) is 12.0. The van der Waals surface area contributed by atoms with Gasteiger partial charge in [0.2, 0.25) is 5.91 Å². The number of hydrogen-bond donors (Lipinski definition) is 2. The maximum atomic E-state index is 11.6. The van der Waals surface area contributed by atoms with Gasteiger partial charge in [-0.05, 0) is 31.1 Å². The van der Waals surface area contributed by atoms with E-state index in [-0.39, 0.29) is 17.9 Å². The van der Waals surface area contributed by atoms with Crippen molar-refractivity contribution in [2.75, 3.05) is 6.54 Å². The number of aliphatic hydroxyl groups excluding tert-OH is 1. The van der Waals surface area contributed by atoms with Crippen LogP contribution in [0.4, 0.5) is 0 Å². The number of hydrogen-bond acceptors (Lipinski definition) is 2. The number of carbonyl (C=O) groups is 1. The molecule has 3 heteroatoms. The molecule has 1 rings (SSSR count). The summed E-state index contributed by atoms with van der Waals surface area (Å²) in [6.07, 6.45) is 8.72. The summed E-state index contributed by atoms with van der Waals surface area (Å²) in [6.45, 7) is 4.59. The lowest BCUT2D eigenvalue weighted by Gasteiger charge is -2.14. The van der Waals surface area contributed by atoms with E-state index in [4.69, 9.17) is 0 Å². The predicted octanol–water partition coefficient (Wildman–Crippen LogP) is 2.87. The van der Waals surface area contributed by atoms with E-state index < -0.39 is 0 Å². The van der Waals surface area contributed by atoms with E-state index in [2.05, 4.69) is 5.32 Å². The third-order valence-corrected chi connectivity index (χ3v) is 4.02. The minimum Gasteiger partial charge on any atom is -0.393 e.